The highest BCUT2D eigenvalue weighted by Crippen LogP contribution is 2.23. The van der Waals surface area contributed by atoms with Crippen LogP contribution in [0, 0.1) is 0 Å². The van der Waals surface area contributed by atoms with Crippen LogP contribution in [-0.4, -0.2) is 42.1 Å². The van der Waals surface area contributed by atoms with Gasteiger partial charge in [-0.15, -0.1) is 5.10 Å². The van der Waals surface area contributed by atoms with E-state index in [1.54, 1.807) is 48.4 Å². The van der Waals surface area contributed by atoms with Gasteiger partial charge >= 0.3 is 0 Å². The lowest BCUT2D eigenvalue weighted by Gasteiger charge is -2.24. The fourth-order valence-electron chi connectivity index (χ4n) is 3.51. The molecular weight excluding hydrogens is 418 g/mol. The molecule has 8 nitrogen and oxygen atoms in total. The van der Waals surface area contributed by atoms with Crippen molar-refractivity contribution in [1.29, 1.82) is 0 Å². The number of ether oxygens (including phenoxy) is 1. The smallest absolute Gasteiger partial charge is 0.278 e. The summed E-state index contributed by atoms with van der Waals surface area (Å²) in [4.78, 5) is 29.9. The molecular formula is C25H25N5O3. The summed E-state index contributed by atoms with van der Waals surface area (Å²) in [6.45, 7) is 0.118. The predicted octanol–water partition coefficient (Wildman–Crippen LogP) is 3.10. The van der Waals surface area contributed by atoms with Crippen molar-refractivity contribution in [2.24, 2.45) is 0 Å². The summed E-state index contributed by atoms with van der Waals surface area (Å²) in [6, 6.07) is 22.2. The van der Waals surface area contributed by atoms with Crippen molar-refractivity contribution in [3.05, 3.63) is 88.7 Å². The molecule has 1 amide bonds. The Balaban J connectivity index is 1.65. The van der Waals surface area contributed by atoms with Crippen LogP contribution in [-0.2, 0) is 17.9 Å². The van der Waals surface area contributed by atoms with Gasteiger partial charge in [-0.25, -0.2) is 4.68 Å². The second-order valence-electron chi connectivity index (χ2n) is 7.81. The largest absolute Gasteiger partial charge is 0.497 e. The fourth-order valence-corrected chi connectivity index (χ4v) is 3.51. The molecule has 1 heterocycles. The average molecular weight is 444 g/mol. The number of amides is 1. The number of aromatic nitrogens is 3. The average Bonchev–Trinajstić information content (AvgIpc) is 2.84. The zero-order valence-corrected chi connectivity index (χ0v) is 18.8. The van der Waals surface area contributed by atoms with E-state index in [1.165, 1.54) is 0 Å². The van der Waals surface area contributed by atoms with Crippen LogP contribution in [0.15, 0.2) is 77.6 Å². The van der Waals surface area contributed by atoms with E-state index in [2.05, 4.69) is 10.3 Å². The lowest BCUT2D eigenvalue weighted by atomic mass is 10.1. The maximum atomic E-state index is 13.4. The summed E-state index contributed by atoms with van der Waals surface area (Å²) in [5, 5.41) is 8.48. The lowest BCUT2D eigenvalue weighted by Crippen LogP contribution is -2.37. The van der Waals surface area contributed by atoms with Gasteiger partial charge in [0, 0.05) is 25.5 Å². The van der Waals surface area contributed by atoms with Crippen molar-refractivity contribution < 1.29 is 9.53 Å². The highest BCUT2D eigenvalue weighted by Gasteiger charge is 2.19. The molecule has 0 aliphatic rings. The van der Waals surface area contributed by atoms with E-state index in [0.29, 0.717) is 28.9 Å². The summed E-state index contributed by atoms with van der Waals surface area (Å²) < 4.78 is 6.35. The van der Waals surface area contributed by atoms with Crippen LogP contribution in [0.1, 0.15) is 5.56 Å². The summed E-state index contributed by atoms with van der Waals surface area (Å²) in [5.41, 5.74) is 2.87. The van der Waals surface area contributed by atoms with Gasteiger partial charge in [-0.1, -0.05) is 29.5 Å². The Morgan fingerprint density at radius 2 is 1.61 bits per heavy atom. The summed E-state index contributed by atoms with van der Waals surface area (Å²) in [6.07, 6.45) is 0. The maximum Gasteiger partial charge on any atom is 0.278 e. The second kappa shape index (κ2) is 9.52. The molecule has 4 rings (SSSR count). The molecule has 0 atom stereocenters. The Kier molecular flexibility index (Phi) is 6.35. The van der Waals surface area contributed by atoms with Gasteiger partial charge in [-0.05, 0) is 54.1 Å². The first-order valence-electron chi connectivity index (χ1n) is 10.5. The molecule has 1 aromatic heterocycles. The second-order valence-corrected chi connectivity index (χ2v) is 7.81. The predicted molar refractivity (Wildman–Crippen MR) is 129 cm³/mol. The third kappa shape index (κ3) is 4.85. The molecule has 0 N–H and O–H groups in total. The minimum atomic E-state index is -0.348. The number of hydrogen-bond acceptors (Lipinski definition) is 6. The normalized spacial score (nSPS) is 10.8. The molecule has 8 heteroatoms. The molecule has 3 aromatic carbocycles. The van der Waals surface area contributed by atoms with Gasteiger partial charge in [0.15, 0.2) is 0 Å². The Labute approximate surface area is 191 Å². The van der Waals surface area contributed by atoms with Crippen LogP contribution in [0.4, 0.5) is 11.4 Å². The topological polar surface area (TPSA) is 80.6 Å². The highest BCUT2D eigenvalue weighted by molar-refractivity contribution is 5.93. The Morgan fingerprint density at radius 1 is 0.939 bits per heavy atom. The first-order valence-corrected chi connectivity index (χ1v) is 10.5. The van der Waals surface area contributed by atoms with E-state index >= 15 is 0 Å². The third-order valence-corrected chi connectivity index (χ3v) is 5.39. The first kappa shape index (κ1) is 22.0. The van der Waals surface area contributed by atoms with Crippen molar-refractivity contribution in [3.8, 4) is 5.75 Å². The van der Waals surface area contributed by atoms with Gasteiger partial charge in [0.2, 0.25) is 5.91 Å². The molecule has 0 aliphatic heterocycles. The minimum absolute atomic E-state index is 0.224. The molecule has 0 aliphatic carbocycles. The van der Waals surface area contributed by atoms with Gasteiger partial charge in [-0.2, -0.15) is 0 Å². The van der Waals surface area contributed by atoms with Crippen molar-refractivity contribution in [1.82, 2.24) is 15.0 Å². The molecule has 0 fully saturated rings. The van der Waals surface area contributed by atoms with E-state index < -0.39 is 0 Å². The number of rotatable bonds is 7. The number of hydrogen-bond donors (Lipinski definition) is 0. The zero-order chi connectivity index (χ0) is 23.4. The van der Waals surface area contributed by atoms with Gasteiger partial charge in [-0.3, -0.25) is 9.59 Å². The Morgan fingerprint density at radius 3 is 2.27 bits per heavy atom. The third-order valence-electron chi connectivity index (χ3n) is 5.39. The Hall–Kier alpha value is -4.20. The Bertz CT molecular complexity index is 1310. The molecule has 0 unspecified atom stereocenters. The minimum Gasteiger partial charge on any atom is -0.497 e. The van der Waals surface area contributed by atoms with Gasteiger partial charge in [0.25, 0.3) is 5.56 Å². The number of carbonyl (C=O) groups is 1. The van der Waals surface area contributed by atoms with E-state index in [9.17, 15) is 9.59 Å². The van der Waals surface area contributed by atoms with Crippen LogP contribution < -0.4 is 20.1 Å². The van der Waals surface area contributed by atoms with Gasteiger partial charge in [0.1, 0.15) is 17.8 Å². The molecule has 33 heavy (non-hydrogen) atoms. The van der Waals surface area contributed by atoms with Gasteiger partial charge < -0.3 is 14.5 Å². The molecule has 4 aromatic rings. The SMILES string of the molecule is COc1ccc(N(Cc2ccc(N(C)C)cc2)C(=O)Cn2nnc3ccccc3c2=O)cc1. The van der Waals surface area contributed by atoms with E-state index in [1.807, 2.05) is 55.4 Å². The quantitative estimate of drug-likeness (QED) is 0.437. The molecule has 168 valence electrons. The first-order chi connectivity index (χ1) is 16.0. The number of methoxy groups -OCH3 is 1. The molecule has 0 spiro atoms. The zero-order valence-electron chi connectivity index (χ0n) is 18.8. The number of fused-ring (bicyclic) bond motifs is 1. The summed E-state index contributed by atoms with van der Waals surface area (Å²) >= 11 is 0. The van der Waals surface area contributed by atoms with Crippen LogP contribution in [0.2, 0.25) is 0 Å². The van der Waals surface area contributed by atoms with E-state index in [0.717, 1.165) is 15.9 Å². The highest BCUT2D eigenvalue weighted by atomic mass is 16.5. The maximum absolute atomic E-state index is 13.4. The number of anilines is 2. The fraction of sp³-hybridized carbons (Fsp3) is 0.200. The molecule has 0 radical (unpaired) electrons. The van der Waals surface area contributed by atoms with Crippen LogP contribution in [0.25, 0.3) is 10.9 Å². The van der Waals surface area contributed by atoms with Crippen LogP contribution >= 0.6 is 0 Å². The molecule has 0 saturated heterocycles. The van der Waals surface area contributed by atoms with Gasteiger partial charge in [0.05, 0.1) is 19.0 Å². The number of benzene rings is 3. The van der Waals surface area contributed by atoms with Crippen molar-refractivity contribution in [3.63, 3.8) is 0 Å². The van der Waals surface area contributed by atoms with Crippen molar-refractivity contribution in [2.45, 2.75) is 13.1 Å². The van der Waals surface area contributed by atoms with Crippen molar-refractivity contribution in [2.75, 3.05) is 31.0 Å². The molecule has 0 bridgehead atoms. The van der Waals surface area contributed by atoms with Crippen LogP contribution in [0.3, 0.4) is 0 Å². The lowest BCUT2D eigenvalue weighted by molar-refractivity contribution is -0.119. The van der Waals surface area contributed by atoms with Crippen LogP contribution in [0.5, 0.6) is 5.75 Å². The summed E-state index contributed by atoms with van der Waals surface area (Å²) in [7, 11) is 5.55. The van der Waals surface area contributed by atoms with Crippen molar-refractivity contribution >= 4 is 28.2 Å². The summed E-state index contributed by atoms with van der Waals surface area (Å²) in [5.74, 6) is 0.418. The standard InChI is InChI=1S/C25H25N5O3/c1-28(2)19-10-8-18(9-11-19)16-29(20-12-14-21(33-3)15-13-20)24(31)17-30-25(32)22-6-4-5-7-23(22)26-27-30/h4-15H,16-17H2,1-3H3. The number of carbonyl (C=O) groups excluding carboxylic acids is 1. The van der Waals surface area contributed by atoms with E-state index in [4.69, 9.17) is 4.74 Å². The molecule has 0 saturated carbocycles. The monoisotopic (exact) mass is 443 g/mol. The van der Waals surface area contributed by atoms with E-state index in [-0.39, 0.29) is 18.0 Å². The number of nitrogens with zero attached hydrogens (tertiary/aromatic N) is 5.